The maximum Gasteiger partial charge on any atom is 0.242 e. The van der Waals surface area contributed by atoms with Gasteiger partial charge in [0.1, 0.15) is 6.04 Å². The Bertz CT molecular complexity index is 1000. The van der Waals surface area contributed by atoms with Crippen molar-refractivity contribution in [1.82, 2.24) is 10.2 Å². The monoisotopic (exact) mass is 522 g/mol. The van der Waals surface area contributed by atoms with Crippen molar-refractivity contribution in [1.29, 1.82) is 0 Å². The molecule has 0 aliphatic rings. The number of nitrogens with one attached hydrogen (secondary N) is 1. The van der Waals surface area contributed by atoms with Crippen LogP contribution in [0.3, 0.4) is 0 Å². The van der Waals surface area contributed by atoms with Gasteiger partial charge < -0.3 is 19.7 Å². The van der Waals surface area contributed by atoms with Gasteiger partial charge in [-0.25, -0.2) is 0 Å². The lowest BCUT2D eigenvalue weighted by molar-refractivity contribution is -0.141. The van der Waals surface area contributed by atoms with Crippen molar-refractivity contribution >= 4 is 35.0 Å². The van der Waals surface area contributed by atoms with Crippen LogP contribution in [0.1, 0.15) is 59.1 Å². The van der Waals surface area contributed by atoms with Gasteiger partial charge in [-0.3, -0.25) is 9.59 Å². The number of hydrogen-bond donors (Lipinski definition) is 1. The molecule has 2 rings (SSSR count). The number of halogens is 2. The molecule has 192 valence electrons. The standard InChI is InChI=1S/C27H36Cl2N2O4/c1-7-34-23-14-12-19(16-24(23)35-8-2)13-15-25(32)31(18(3)26(33)30-27(4,5)6)17-20-21(28)10-9-11-22(20)29/h9-12,14,16,18H,7-8,13,15,17H2,1-6H3,(H,30,33). The zero-order chi connectivity index (χ0) is 26.2. The first-order chi connectivity index (χ1) is 16.5. The second kappa shape index (κ2) is 13.0. The summed E-state index contributed by atoms with van der Waals surface area (Å²) in [4.78, 5) is 27.9. The van der Waals surface area contributed by atoms with E-state index in [0.29, 0.717) is 46.7 Å². The van der Waals surface area contributed by atoms with Gasteiger partial charge in [0.15, 0.2) is 11.5 Å². The van der Waals surface area contributed by atoms with Gasteiger partial charge in [0.2, 0.25) is 11.8 Å². The average molecular weight is 524 g/mol. The van der Waals surface area contributed by atoms with Crippen molar-refractivity contribution in [3.8, 4) is 11.5 Å². The Morgan fingerprint density at radius 2 is 1.60 bits per heavy atom. The molecular weight excluding hydrogens is 487 g/mol. The molecule has 6 nitrogen and oxygen atoms in total. The first-order valence-corrected chi connectivity index (χ1v) is 12.6. The zero-order valence-corrected chi connectivity index (χ0v) is 22.9. The number of carbonyl (C=O) groups is 2. The SMILES string of the molecule is CCOc1ccc(CCC(=O)N(Cc2c(Cl)cccc2Cl)C(C)C(=O)NC(C)(C)C)cc1OCC. The smallest absolute Gasteiger partial charge is 0.242 e. The third kappa shape index (κ3) is 8.62. The average Bonchev–Trinajstić information content (AvgIpc) is 2.77. The van der Waals surface area contributed by atoms with E-state index >= 15 is 0 Å². The number of carbonyl (C=O) groups excluding carboxylic acids is 2. The molecule has 0 fully saturated rings. The van der Waals surface area contributed by atoms with Gasteiger partial charge in [-0.2, -0.15) is 0 Å². The minimum atomic E-state index is -0.714. The van der Waals surface area contributed by atoms with Gasteiger partial charge in [0.25, 0.3) is 0 Å². The van der Waals surface area contributed by atoms with Crippen molar-refractivity contribution < 1.29 is 19.1 Å². The van der Waals surface area contributed by atoms with E-state index in [-0.39, 0.29) is 24.8 Å². The summed E-state index contributed by atoms with van der Waals surface area (Å²) in [6, 6.07) is 10.2. The molecule has 8 heteroatoms. The number of aryl methyl sites for hydroxylation is 1. The summed E-state index contributed by atoms with van der Waals surface area (Å²) >= 11 is 12.8. The third-order valence-electron chi connectivity index (χ3n) is 5.29. The highest BCUT2D eigenvalue weighted by atomic mass is 35.5. The Morgan fingerprint density at radius 3 is 2.17 bits per heavy atom. The zero-order valence-electron chi connectivity index (χ0n) is 21.4. The quantitative estimate of drug-likeness (QED) is 0.389. The lowest BCUT2D eigenvalue weighted by Gasteiger charge is -2.32. The highest BCUT2D eigenvalue weighted by molar-refractivity contribution is 6.36. The number of ether oxygens (including phenoxy) is 2. The summed E-state index contributed by atoms with van der Waals surface area (Å²) in [5, 5.41) is 3.85. The van der Waals surface area contributed by atoms with E-state index in [4.69, 9.17) is 32.7 Å². The molecule has 0 bridgehead atoms. The second-order valence-electron chi connectivity index (χ2n) is 9.28. The molecule has 2 amide bonds. The highest BCUT2D eigenvalue weighted by Crippen LogP contribution is 2.30. The maximum absolute atomic E-state index is 13.4. The van der Waals surface area contributed by atoms with Crippen molar-refractivity contribution in [3.63, 3.8) is 0 Å². The third-order valence-corrected chi connectivity index (χ3v) is 6.00. The van der Waals surface area contributed by atoms with E-state index < -0.39 is 11.6 Å². The van der Waals surface area contributed by atoms with Crippen LogP contribution in [0.2, 0.25) is 10.0 Å². The second-order valence-corrected chi connectivity index (χ2v) is 10.1. The van der Waals surface area contributed by atoms with E-state index in [1.807, 2.05) is 52.8 Å². The van der Waals surface area contributed by atoms with E-state index in [9.17, 15) is 9.59 Å². The number of nitrogens with zero attached hydrogens (tertiary/aromatic N) is 1. The van der Waals surface area contributed by atoms with Gasteiger partial charge in [0.05, 0.1) is 13.2 Å². The molecule has 1 atom stereocenters. The molecule has 0 aliphatic heterocycles. The lowest BCUT2D eigenvalue weighted by atomic mass is 10.1. The van der Waals surface area contributed by atoms with Crippen LogP contribution in [0.4, 0.5) is 0 Å². The van der Waals surface area contributed by atoms with Crippen LogP contribution in [0.15, 0.2) is 36.4 Å². The normalized spacial score (nSPS) is 12.1. The lowest BCUT2D eigenvalue weighted by Crippen LogP contribution is -2.52. The molecule has 0 radical (unpaired) electrons. The van der Waals surface area contributed by atoms with Gasteiger partial charge in [0, 0.05) is 34.1 Å². The molecule has 0 heterocycles. The summed E-state index contributed by atoms with van der Waals surface area (Å²) in [6.45, 7) is 12.4. The first-order valence-electron chi connectivity index (χ1n) is 11.9. The highest BCUT2D eigenvalue weighted by Gasteiger charge is 2.29. The van der Waals surface area contributed by atoms with Gasteiger partial charge in [-0.1, -0.05) is 35.3 Å². The fraction of sp³-hybridized carbons (Fsp3) is 0.481. The summed E-state index contributed by atoms with van der Waals surface area (Å²) in [5.41, 5.74) is 1.12. The van der Waals surface area contributed by atoms with Crippen molar-refractivity contribution in [3.05, 3.63) is 57.6 Å². The Hall–Kier alpha value is -2.44. The van der Waals surface area contributed by atoms with Crippen LogP contribution in [-0.4, -0.2) is 41.5 Å². The Kier molecular flexibility index (Phi) is 10.7. The molecule has 0 saturated carbocycles. The summed E-state index contributed by atoms with van der Waals surface area (Å²) in [7, 11) is 0. The van der Waals surface area contributed by atoms with E-state index in [2.05, 4.69) is 5.32 Å². The largest absolute Gasteiger partial charge is 0.490 e. The Balaban J connectivity index is 2.26. The van der Waals surface area contributed by atoms with E-state index in [1.165, 1.54) is 4.90 Å². The number of hydrogen-bond acceptors (Lipinski definition) is 4. The van der Waals surface area contributed by atoms with Gasteiger partial charge >= 0.3 is 0 Å². The molecule has 2 aromatic rings. The summed E-state index contributed by atoms with van der Waals surface area (Å²) in [5.74, 6) is 0.905. The molecule has 2 aromatic carbocycles. The molecular formula is C27H36Cl2N2O4. The number of amides is 2. The fourth-order valence-corrected chi connectivity index (χ4v) is 4.07. The van der Waals surface area contributed by atoms with Crippen LogP contribution in [0.25, 0.3) is 0 Å². The minimum absolute atomic E-state index is 0.129. The number of rotatable bonds is 11. The maximum atomic E-state index is 13.4. The topological polar surface area (TPSA) is 67.9 Å². The predicted octanol–water partition coefficient (Wildman–Crippen LogP) is 6.06. The summed E-state index contributed by atoms with van der Waals surface area (Å²) in [6.07, 6.45) is 0.681. The minimum Gasteiger partial charge on any atom is -0.490 e. The Morgan fingerprint density at radius 1 is 1.00 bits per heavy atom. The van der Waals surface area contributed by atoms with Crippen LogP contribution in [-0.2, 0) is 22.6 Å². The van der Waals surface area contributed by atoms with Crippen molar-refractivity contribution in [2.75, 3.05) is 13.2 Å². The summed E-state index contributed by atoms with van der Waals surface area (Å²) < 4.78 is 11.3. The van der Waals surface area contributed by atoms with Crippen LogP contribution < -0.4 is 14.8 Å². The van der Waals surface area contributed by atoms with Gasteiger partial charge in [-0.15, -0.1) is 0 Å². The molecule has 0 saturated heterocycles. The molecule has 1 unspecified atom stereocenters. The fourth-order valence-electron chi connectivity index (χ4n) is 3.56. The van der Waals surface area contributed by atoms with Crippen LogP contribution in [0.5, 0.6) is 11.5 Å². The molecule has 0 aliphatic carbocycles. The van der Waals surface area contributed by atoms with Crippen LogP contribution in [0, 0.1) is 0 Å². The van der Waals surface area contributed by atoms with E-state index in [0.717, 1.165) is 5.56 Å². The molecule has 0 aromatic heterocycles. The first kappa shape index (κ1) is 28.8. The van der Waals surface area contributed by atoms with Crippen LogP contribution >= 0.6 is 23.2 Å². The molecule has 0 spiro atoms. The molecule has 1 N–H and O–H groups in total. The van der Waals surface area contributed by atoms with Gasteiger partial charge in [-0.05, 0) is 77.8 Å². The van der Waals surface area contributed by atoms with Crippen molar-refractivity contribution in [2.45, 2.75) is 72.5 Å². The number of benzene rings is 2. The molecule has 35 heavy (non-hydrogen) atoms. The predicted molar refractivity (Wildman–Crippen MR) is 141 cm³/mol. The van der Waals surface area contributed by atoms with Crippen molar-refractivity contribution in [2.24, 2.45) is 0 Å². The Labute approximate surface area is 218 Å². The van der Waals surface area contributed by atoms with E-state index in [1.54, 1.807) is 25.1 Å².